The van der Waals surface area contributed by atoms with Gasteiger partial charge in [0.2, 0.25) is 17.7 Å². The van der Waals surface area contributed by atoms with E-state index in [1.54, 1.807) is 38.6 Å². The van der Waals surface area contributed by atoms with Crippen LogP contribution in [0.2, 0.25) is 0 Å². The molecule has 7 nitrogen and oxygen atoms in total. The Bertz CT molecular complexity index is 1130. The molecular weight excluding hydrogens is 602 g/mol. The molecule has 1 aromatic rings. The summed E-state index contributed by atoms with van der Waals surface area (Å²) >= 11 is 5.51. The van der Waals surface area contributed by atoms with Crippen molar-refractivity contribution in [3.63, 3.8) is 0 Å². The summed E-state index contributed by atoms with van der Waals surface area (Å²) in [5, 5.41) is 10.4. The summed E-state index contributed by atoms with van der Waals surface area (Å²) in [6.07, 6.45) is 5.84. The largest absolute Gasteiger partial charge is 0.394 e. The molecule has 0 saturated carbocycles. The second kappa shape index (κ2) is 13.5. The third-order valence-electron chi connectivity index (χ3n) is 8.88. The molecule has 224 valence electrons. The van der Waals surface area contributed by atoms with E-state index in [-0.39, 0.29) is 40.3 Å². The Labute approximate surface area is 257 Å². The maximum Gasteiger partial charge on any atom is 0.247 e. The Morgan fingerprint density at radius 2 is 1.83 bits per heavy atom. The highest BCUT2D eigenvalue weighted by Gasteiger charge is 2.76. The van der Waals surface area contributed by atoms with Crippen LogP contribution in [0.4, 0.5) is 0 Å². The number of carbonyl (C=O) groups is 3. The van der Waals surface area contributed by atoms with Crippen LogP contribution < -0.4 is 0 Å². The van der Waals surface area contributed by atoms with E-state index in [1.165, 1.54) is 0 Å². The van der Waals surface area contributed by atoms with Gasteiger partial charge in [-0.05, 0) is 24.3 Å². The molecule has 1 spiro atoms. The van der Waals surface area contributed by atoms with E-state index in [0.717, 1.165) is 18.4 Å². The SMILES string of the molecule is C=CCN(CCCC)C(=O)C1N([C@@H](CO)C(C)C)C(=O)[C@@H]2[C@H](C(=O)N(CC=C)Cc3ccccc3)[C@H]3SC12CC3Br. The van der Waals surface area contributed by atoms with Crippen LogP contribution in [0.3, 0.4) is 0 Å². The van der Waals surface area contributed by atoms with E-state index in [1.807, 2.05) is 44.2 Å². The van der Waals surface area contributed by atoms with Gasteiger partial charge in [-0.2, -0.15) is 0 Å². The van der Waals surface area contributed by atoms with Crippen molar-refractivity contribution in [1.29, 1.82) is 0 Å². The van der Waals surface area contributed by atoms with Crippen molar-refractivity contribution < 1.29 is 19.5 Å². The van der Waals surface area contributed by atoms with Gasteiger partial charge in [-0.3, -0.25) is 14.4 Å². The van der Waals surface area contributed by atoms with Crippen molar-refractivity contribution in [3.8, 4) is 0 Å². The molecule has 0 aliphatic carbocycles. The number of aliphatic hydroxyl groups excluding tert-OH is 1. The highest BCUT2D eigenvalue weighted by Crippen LogP contribution is 2.68. The summed E-state index contributed by atoms with van der Waals surface area (Å²) in [6.45, 7) is 15.3. The van der Waals surface area contributed by atoms with Crippen molar-refractivity contribution in [1.82, 2.24) is 14.7 Å². The zero-order valence-electron chi connectivity index (χ0n) is 24.5. The average molecular weight is 647 g/mol. The molecule has 0 radical (unpaired) electrons. The van der Waals surface area contributed by atoms with E-state index in [2.05, 4.69) is 36.0 Å². The number of hydrogen-bond acceptors (Lipinski definition) is 5. The summed E-state index contributed by atoms with van der Waals surface area (Å²) in [5.74, 6) is -1.66. The van der Waals surface area contributed by atoms with Gasteiger partial charge in [0.05, 0.1) is 29.2 Å². The lowest BCUT2D eigenvalue weighted by Gasteiger charge is -2.41. The van der Waals surface area contributed by atoms with E-state index in [9.17, 15) is 19.5 Å². The smallest absolute Gasteiger partial charge is 0.247 e. The zero-order valence-corrected chi connectivity index (χ0v) is 26.9. The normalized spacial score (nSPS) is 29.0. The quantitative estimate of drug-likeness (QED) is 0.238. The highest BCUT2D eigenvalue weighted by atomic mass is 79.9. The molecule has 1 aromatic carbocycles. The number of thioether (sulfide) groups is 1. The van der Waals surface area contributed by atoms with Gasteiger partial charge in [0.15, 0.2) is 0 Å². The van der Waals surface area contributed by atoms with Crippen molar-refractivity contribution in [2.45, 2.75) is 73.5 Å². The number of rotatable bonds is 14. The lowest BCUT2D eigenvalue weighted by atomic mass is 9.70. The average Bonchev–Trinajstić information content (AvgIpc) is 3.54. The number of benzene rings is 1. The van der Waals surface area contributed by atoms with Gasteiger partial charge in [-0.25, -0.2) is 0 Å². The van der Waals surface area contributed by atoms with Crippen LogP contribution in [0.1, 0.15) is 45.6 Å². The van der Waals surface area contributed by atoms with E-state index < -0.39 is 28.7 Å². The first-order chi connectivity index (χ1) is 19.7. The molecule has 1 N–H and O–H groups in total. The number of aliphatic hydroxyl groups is 1. The summed E-state index contributed by atoms with van der Waals surface area (Å²) in [6, 6.07) is 8.54. The molecule has 3 aliphatic heterocycles. The third-order valence-corrected chi connectivity index (χ3v) is 12.1. The summed E-state index contributed by atoms with van der Waals surface area (Å²) in [5.41, 5.74) is 1.01. The van der Waals surface area contributed by atoms with Gasteiger partial charge >= 0.3 is 0 Å². The monoisotopic (exact) mass is 645 g/mol. The number of halogens is 1. The molecule has 3 unspecified atom stereocenters. The van der Waals surface area contributed by atoms with Gasteiger partial charge in [0.1, 0.15) is 6.04 Å². The van der Waals surface area contributed by atoms with E-state index in [0.29, 0.717) is 32.6 Å². The fourth-order valence-electron chi connectivity index (χ4n) is 6.98. The number of amides is 3. The number of likely N-dealkylation sites (tertiary alicyclic amines) is 1. The Morgan fingerprint density at radius 1 is 1.17 bits per heavy atom. The topological polar surface area (TPSA) is 81.2 Å². The Morgan fingerprint density at radius 3 is 2.41 bits per heavy atom. The van der Waals surface area contributed by atoms with Gasteiger partial charge in [0, 0.05) is 36.3 Å². The Balaban J connectivity index is 1.78. The summed E-state index contributed by atoms with van der Waals surface area (Å²) < 4.78 is -0.756. The molecular formula is C32H44BrN3O4S. The number of hydrogen-bond donors (Lipinski definition) is 1. The minimum Gasteiger partial charge on any atom is -0.394 e. The first-order valence-electron chi connectivity index (χ1n) is 14.7. The minimum absolute atomic E-state index is 0.0156. The number of nitrogens with zero attached hydrogens (tertiary/aromatic N) is 3. The Kier molecular flexibility index (Phi) is 10.5. The first-order valence-corrected chi connectivity index (χ1v) is 16.5. The van der Waals surface area contributed by atoms with Gasteiger partial charge in [-0.1, -0.05) is 85.6 Å². The second-order valence-corrected chi connectivity index (χ2v) is 14.5. The minimum atomic E-state index is -0.758. The summed E-state index contributed by atoms with van der Waals surface area (Å²) in [7, 11) is 0. The molecule has 9 heteroatoms. The number of carbonyl (C=O) groups excluding carboxylic acids is 3. The van der Waals surface area contributed by atoms with Crippen LogP contribution in [0.25, 0.3) is 0 Å². The molecule has 4 rings (SSSR count). The van der Waals surface area contributed by atoms with Crippen LogP contribution in [-0.2, 0) is 20.9 Å². The lowest BCUT2D eigenvalue weighted by molar-refractivity contribution is -0.148. The molecule has 3 aliphatic rings. The highest BCUT2D eigenvalue weighted by molar-refractivity contribution is 9.09. The maximum absolute atomic E-state index is 14.6. The van der Waals surface area contributed by atoms with Crippen molar-refractivity contribution in [2.75, 3.05) is 26.2 Å². The zero-order chi connectivity index (χ0) is 29.9. The van der Waals surface area contributed by atoms with Crippen LogP contribution in [0, 0.1) is 17.8 Å². The predicted molar refractivity (Wildman–Crippen MR) is 169 cm³/mol. The fraction of sp³-hybridized carbons (Fsp3) is 0.594. The molecule has 0 aromatic heterocycles. The van der Waals surface area contributed by atoms with Crippen molar-refractivity contribution in [2.24, 2.45) is 17.8 Å². The van der Waals surface area contributed by atoms with Crippen LogP contribution in [-0.4, -0.2) is 90.7 Å². The van der Waals surface area contributed by atoms with Crippen LogP contribution in [0.15, 0.2) is 55.6 Å². The molecule has 3 saturated heterocycles. The summed E-state index contributed by atoms with van der Waals surface area (Å²) in [4.78, 5) is 48.7. The second-order valence-electron chi connectivity index (χ2n) is 11.8. The van der Waals surface area contributed by atoms with E-state index in [4.69, 9.17) is 0 Å². The number of alkyl halides is 1. The fourth-order valence-corrected chi connectivity index (χ4v) is 10.6. The van der Waals surface area contributed by atoms with Crippen LogP contribution >= 0.6 is 27.7 Å². The standard InChI is InChI=1S/C32H44BrN3O4S/c1-6-9-17-34(15-7-2)31(40)28-32-18-23(33)27(41-32)25(26(32)30(39)36(28)24(20-37)21(4)5)29(38)35(16-8-3)19-22-13-11-10-12-14-22/h7-8,10-14,21,23-28,37H,2-3,6,9,15-20H2,1,4-5H3/t23?,24-,25-,26-,27-,28?,32?/m0/s1. The first kappa shape index (κ1) is 31.8. The molecule has 3 amide bonds. The van der Waals surface area contributed by atoms with Gasteiger partial charge < -0.3 is 19.8 Å². The predicted octanol–water partition coefficient (Wildman–Crippen LogP) is 4.50. The van der Waals surface area contributed by atoms with Crippen LogP contribution in [0.5, 0.6) is 0 Å². The third kappa shape index (κ3) is 5.78. The molecule has 3 heterocycles. The lowest BCUT2D eigenvalue weighted by Crippen LogP contribution is -2.58. The number of fused-ring (bicyclic) bond motifs is 1. The molecule has 2 bridgehead atoms. The maximum atomic E-state index is 14.6. The molecule has 3 fully saturated rings. The van der Waals surface area contributed by atoms with Crippen molar-refractivity contribution in [3.05, 3.63) is 61.2 Å². The molecule has 7 atom stereocenters. The van der Waals surface area contributed by atoms with E-state index >= 15 is 0 Å². The van der Waals surface area contributed by atoms with Gasteiger partial charge in [0.25, 0.3) is 0 Å². The molecule has 41 heavy (non-hydrogen) atoms. The van der Waals surface area contributed by atoms with Crippen molar-refractivity contribution >= 4 is 45.4 Å². The number of unbranched alkanes of at least 4 members (excludes halogenated alkanes) is 1. The Hall–Kier alpha value is -2.10. The van der Waals surface area contributed by atoms with Gasteiger partial charge in [-0.15, -0.1) is 24.9 Å².